The fraction of sp³-hybridized carbons (Fsp3) is 0.176. The summed E-state index contributed by atoms with van der Waals surface area (Å²) in [6, 6.07) is 8.47. The number of fused-ring (bicyclic) bond motifs is 1. The van der Waals surface area contributed by atoms with E-state index in [0.29, 0.717) is 22.2 Å². The van der Waals surface area contributed by atoms with Gasteiger partial charge in [0, 0.05) is 11.2 Å². The van der Waals surface area contributed by atoms with Crippen molar-refractivity contribution in [3.8, 4) is 5.75 Å². The molecule has 3 aromatic rings. The lowest BCUT2D eigenvalue weighted by atomic mass is 10.2. The number of carbonyl (C=O) groups excluding carboxylic acids is 1. The summed E-state index contributed by atoms with van der Waals surface area (Å²) in [6.07, 6.45) is 1.60. The molecule has 1 aromatic carbocycles. The van der Waals surface area contributed by atoms with Crippen molar-refractivity contribution in [1.82, 2.24) is 9.38 Å². The molecule has 3 rings (SSSR count). The summed E-state index contributed by atoms with van der Waals surface area (Å²) < 4.78 is 6.25. The van der Waals surface area contributed by atoms with Crippen LogP contribution in [0.3, 0.4) is 0 Å². The van der Waals surface area contributed by atoms with Gasteiger partial charge in [-0.15, -0.1) is 10.2 Å². The number of carbonyl (C=O) groups is 1. The number of pyridine rings is 1. The van der Waals surface area contributed by atoms with Crippen molar-refractivity contribution in [3.63, 3.8) is 0 Å². The molecule has 0 aliphatic heterocycles. The van der Waals surface area contributed by atoms with Gasteiger partial charge in [-0.1, -0.05) is 17.7 Å². The maximum Gasteiger partial charge on any atom is 0.311 e. The number of aryl methyl sites for hydroxylation is 1. The van der Waals surface area contributed by atoms with Crippen molar-refractivity contribution >= 4 is 34.7 Å². The quantitative estimate of drug-likeness (QED) is 0.561. The number of nitrogens with zero attached hydrogens (tertiary/aromatic N) is 4. The maximum absolute atomic E-state index is 11.6. The van der Waals surface area contributed by atoms with E-state index in [2.05, 4.69) is 19.9 Å². The molecule has 0 saturated heterocycles. The average Bonchev–Trinajstić information content (AvgIpc) is 2.94. The molecule has 0 unspecified atom stereocenters. The number of hydrogen-bond donors (Lipinski definition) is 1. The van der Waals surface area contributed by atoms with Crippen molar-refractivity contribution < 1.29 is 14.6 Å². The first kappa shape index (κ1) is 16.9. The number of ether oxygens (including phenoxy) is 1. The van der Waals surface area contributed by atoms with Gasteiger partial charge < -0.3 is 9.84 Å². The van der Waals surface area contributed by atoms with Gasteiger partial charge in [0.15, 0.2) is 17.2 Å². The molecular formula is C17H15ClN4O3. The zero-order chi connectivity index (χ0) is 18.0. The van der Waals surface area contributed by atoms with Crippen LogP contribution in [0, 0.1) is 6.92 Å². The van der Waals surface area contributed by atoms with Crippen molar-refractivity contribution in [2.75, 3.05) is 7.11 Å². The third-order valence-corrected chi connectivity index (χ3v) is 4.04. The second-order valence-corrected chi connectivity index (χ2v) is 5.76. The Kier molecular flexibility index (Phi) is 4.67. The lowest BCUT2D eigenvalue weighted by Crippen LogP contribution is -2.04. The average molecular weight is 359 g/mol. The van der Waals surface area contributed by atoms with E-state index in [1.54, 1.807) is 28.8 Å². The van der Waals surface area contributed by atoms with Gasteiger partial charge in [0.25, 0.3) is 0 Å². The number of esters is 1. The second-order valence-electron chi connectivity index (χ2n) is 5.36. The summed E-state index contributed by atoms with van der Waals surface area (Å²) in [5.74, 6) is -0.140. The van der Waals surface area contributed by atoms with E-state index in [1.807, 2.05) is 13.0 Å². The minimum Gasteiger partial charge on any atom is -0.504 e. The Morgan fingerprint density at radius 3 is 2.88 bits per heavy atom. The SMILES string of the molecule is COC(=O)Cc1nc2c(O)cccn2c1N=Nc1ccc(C)c(Cl)c1. The number of rotatable bonds is 4. The summed E-state index contributed by atoms with van der Waals surface area (Å²) >= 11 is 6.10. The molecule has 7 nitrogen and oxygen atoms in total. The molecule has 0 amide bonds. The third kappa shape index (κ3) is 3.46. The highest BCUT2D eigenvalue weighted by molar-refractivity contribution is 6.31. The predicted molar refractivity (Wildman–Crippen MR) is 92.9 cm³/mol. The zero-order valence-electron chi connectivity index (χ0n) is 13.6. The number of imidazole rings is 1. The minimum atomic E-state index is -0.460. The first-order valence-electron chi connectivity index (χ1n) is 7.43. The van der Waals surface area contributed by atoms with Gasteiger partial charge in [-0.25, -0.2) is 4.98 Å². The molecule has 0 fully saturated rings. The van der Waals surface area contributed by atoms with Crippen molar-refractivity contribution in [3.05, 3.63) is 52.8 Å². The molecule has 25 heavy (non-hydrogen) atoms. The van der Waals surface area contributed by atoms with Crippen LogP contribution in [0.2, 0.25) is 5.02 Å². The fourth-order valence-corrected chi connectivity index (χ4v) is 2.44. The molecule has 0 bridgehead atoms. The van der Waals surface area contributed by atoms with E-state index in [1.165, 1.54) is 13.2 Å². The van der Waals surface area contributed by atoms with E-state index < -0.39 is 5.97 Å². The molecule has 2 aromatic heterocycles. The molecule has 0 spiro atoms. The van der Waals surface area contributed by atoms with Crippen LogP contribution in [-0.2, 0) is 16.0 Å². The normalized spacial score (nSPS) is 11.3. The molecule has 0 atom stereocenters. The highest BCUT2D eigenvalue weighted by atomic mass is 35.5. The Labute approximate surface area is 148 Å². The molecule has 0 aliphatic carbocycles. The molecule has 128 valence electrons. The first-order valence-corrected chi connectivity index (χ1v) is 7.81. The molecule has 2 heterocycles. The largest absolute Gasteiger partial charge is 0.504 e. The van der Waals surface area contributed by atoms with Crippen LogP contribution >= 0.6 is 11.6 Å². The summed E-state index contributed by atoms with van der Waals surface area (Å²) in [7, 11) is 1.30. The molecule has 0 aliphatic rings. The van der Waals surface area contributed by atoms with E-state index in [4.69, 9.17) is 11.6 Å². The molecular weight excluding hydrogens is 344 g/mol. The lowest BCUT2D eigenvalue weighted by Gasteiger charge is -2.00. The third-order valence-electron chi connectivity index (χ3n) is 3.63. The van der Waals surface area contributed by atoms with E-state index in [0.717, 1.165) is 5.56 Å². The summed E-state index contributed by atoms with van der Waals surface area (Å²) in [6.45, 7) is 1.89. The van der Waals surface area contributed by atoms with Gasteiger partial charge in [0.2, 0.25) is 0 Å². The summed E-state index contributed by atoms with van der Waals surface area (Å²) in [5, 5.41) is 18.9. The molecule has 8 heteroatoms. The number of azo groups is 1. The van der Waals surface area contributed by atoms with Crippen molar-refractivity contribution in [2.24, 2.45) is 10.2 Å². The van der Waals surface area contributed by atoms with Crippen molar-refractivity contribution in [2.45, 2.75) is 13.3 Å². The topological polar surface area (TPSA) is 88.5 Å². The van der Waals surface area contributed by atoms with Crippen LogP contribution in [0.4, 0.5) is 11.5 Å². The highest BCUT2D eigenvalue weighted by Gasteiger charge is 2.17. The van der Waals surface area contributed by atoms with Crippen LogP contribution in [-0.4, -0.2) is 27.6 Å². The molecule has 0 saturated carbocycles. The summed E-state index contributed by atoms with van der Waals surface area (Å²) in [4.78, 5) is 15.9. The number of halogens is 1. The summed E-state index contributed by atoms with van der Waals surface area (Å²) in [5.41, 5.74) is 2.15. The number of methoxy groups -OCH3 is 1. The number of aromatic hydroxyl groups is 1. The van der Waals surface area contributed by atoms with Gasteiger partial charge >= 0.3 is 5.97 Å². The van der Waals surface area contributed by atoms with Crippen LogP contribution in [0.25, 0.3) is 5.65 Å². The monoisotopic (exact) mass is 358 g/mol. The zero-order valence-corrected chi connectivity index (χ0v) is 14.4. The second kappa shape index (κ2) is 6.90. The van der Waals surface area contributed by atoms with E-state index in [-0.39, 0.29) is 17.8 Å². The van der Waals surface area contributed by atoms with Gasteiger partial charge in [-0.2, -0.15) is 0 Å². The lowest BCUT2D eigenvalue weighted by molar-refractivity contribution is -0.139. The van der Waals surface area contributed by atoms with Gasteiger partial charge in [0.05, 0.1) is 24.9 Å². The number of benzene rings is 1. The Morgan fingerprint density at radius 2 is 2.16 bits per heavy atom. The molecule has 1 N–H and O–H groups in total. The minimum absolute atomic E-state index is 0.0200. The predicted octanol–water partition coefficient (Wildman–Crippen LogP) is 4.13. The van der Waals surface area contributed by atoms with Crippen LogP contribution in [0.15, 0.2) is 46.8 Å². The number of aromatic nitrogens is 2. The van der Waals surface area contributed by atoms with Crippen LogP contribution in [0.5, 0.6) is 5.75 Å². The van der Waals surface area contributed by atoms with Gasteiger partial charge in [-0.3, -0.25) is 9.20 Å². The standard InChI is InChI=1S/C17H15ClN4O3/c1-10-5-6-11(8-12(10)18)20-21-16-13(9-15(24)25-2)19-17-14(23)4-3-7-22(16)17/h3-8,23H,9H2,1-2H3. The smallest absolute Gasteiger partial charge is 0.311 e. The fourth-order valence-electron chi connectivity index (χ4n) is 2.27. The first-order chi connectivity index (χ1) is 12.0. The van der Waals surface area contributed by atoms with Crippen LogP contribution < -0.4 is 0 Å². The van der Waals surface area contributed by atoms with E-state index >= 15 is 0 Å². The van der Waals surface area contributed by atoms with Gasteiger partial charge in [-0.05, 0) is 36.8 Å². The Balaban J connectivity index is 2.07. The highest BCUT2D eigenvalue weighted by Crippen LogP contribution is 2.29. The Morgan fingerprint density at radius 1 is 1.36 bits per heavy atom. The van der Waals surface area contributed by atoms with Gasteiger partial charge in [0.1, 0.15) is 0 Å². The number of hydrogen-bond acceptors (Lipinski definition) is 6. The van der Waals surface area contributed by atoms with E-state index in [9.17, 15) is 9.90 Å². The maximum atomic E-state index is 11.6. The molecule has 0 radical (unpaired) electrons. The van der Waals surface area contributed by atoms with Crippen LogP contribution in [0.1, 0.15) is 11.3 Å². The van der Waals surface area contributed by atoms with Crippen molar-refractivity contribution in [1.29, 1.82) is 0 Å². The Bertz CT molecular complexity index is 981. The Hall–Kier alpha value is -2.93.